The summed E-state index contributed by atoms with van der Waals surface area (Å²) in [6, 6.07) is 0. The molecule has 1 rings (SSSR count). The number of hydrogen-bond donors (Lipinski definition) is 2. The first kappa shape index (κ1) is 13.3. The Labute approximate surface area is 94.6 Å². The van der Waals surface area contributed by atoms with E-state index in [4.69, 9.17) is 9.84 Å². The maximum atomic E-state index is 12.5. The van der Waals surface area contributed by atoms with Gasteiger partial charge in [-0.3, -0.25) is 5.10 Å². The molecule has 1 heterocycles. The van der Waals surface area contributed by atoms with Crippen LogP contribution >= 0.6 is 0 Å². The molecule has 96 valence electrons. The first-order valence-corrected chi connectivity index (χ1v) is 4.62. The topological polar surface area (TPSA) is 75.2 Å². The Morgan fingerprint density at radius 2 is 2.12 bits per heavy atom. The van der Waals surface area contributed by atoms with E-state index in [-0.39, 0.29) is 11.4 Å². The van der Waals surface area contributed by atoms with Crippen LogP contribution in [0.3, 0.4) is 0 Å². The first-order valence-electron chi connectivity index (χ1n) is 4.62. The van der Waals surface area contributed by atoms with Crippen molar-refractivity contribution in [1.29, 1.82) is 0 Å². The number of aromatic nitrogens is 2. The maximum absolute atomic E-state index is 12.5. The lowest BCUT2D eigenvalue weighted by Crippen LogP contribution is -2.37. The van der Waals surface area contributed by atoms with Crippen LogP contribution in [0.15, 0.2) is 6.20 Å². The second-order valence-electron chi connectivity index (χ2n) is 4.08. The fraction of sp³-hybridized carbons (Fsp3) is 0.556. The highest BCUT2D eigenvalue weighted by molar-refractivity contribution is 5.89. The third-order valence-corrected chi connectivity index (χ3v) is 2.17. The van der Waals surface area contributed by atoms with Gasteiger partial charge in [0.1, 0.15) is 12.2 Å². The molecule has 0 unspecified atom stereocenters. The molecule has 1 aromatic heterocycles. The zero-order chi connectivity index (χ0) is 13.3. The highest BCUT2D eigenvalue weighted by Crippen LogP contribution is 2.37. The number of alkyl halides is 3. The number of aromatic carboxylic acids is 1. The van der Waals surface area contributed by atoms with Crippen molar-refractivity contribution in [2.45, 2.75) is 20.0 Å². The molecular weight excluding hydrogens is 241 g/mol. The van der Waals surface area contributed by atoms with Crippen molar-refractivity contribution in [3.05, 3.63) is 11.8 Å². The lowest BCUT2D eigenvalue weighted by atomic mass is 9.94. The van der Waals surface area contributed by atoms with Crippen LogP contribution in [-0.2, 0) is 0 Å². The lowest BCUT2D eigenvalue weighted by Gasteiger charge is -2.26. The van der Waals surface area contributed by atoms with Crippen LogP contribution in [-0.4, -0.2) is 34.1 Å². The van der Waals surface area contributed by atoms with Gasteiger partial charge in [0.2, 0.25) is 5.88 Å². The van der Waals surface area contributed by atoms with Crippen LogP contribution in [0.1, 0.15) is 24.2 Å². The quantitative estimate of drug-likeness (QED) is 0.860. The molecule has 0 spiro atoms. The largest absolute Gasteiger partial charge is 0.477 e. The molecule has 1 aromatic rings. The number of rotatable bonds is 4. The van der Waals surface area contributed by atoms with Gasteiger partial charge in [-0.1, -0.05) is 0 Å². The van der Waals surface area contributed by atoms with Crippen LogP contribution in [0.4, 0.5) is 13.2 Å². The number of ether oxygens (including phenoxy) is 1. The zero-order valence-electron chi connectivity index (χ0n) is 9.13. The number of halogens is 3. The van der Waals surface area contributed by atoms with Gasteiger partial charge in [0.05, 0.1) is 5.41 Å². The third-order valence-electron chi connectivity index (χ3n) is 2.17. The summed E-state index contributed by atoms with van der Waals surface area (Å²) in [5, 5.41) is 14.3. The van der Waals surface area contributed by atoms with Crippen LogP contribution < -0.4 is 4.74 Å². The van der Waals surface area contributed by atoms with E-state index in [1.165, 1.54) is 0 Å². The Balaban J connectivity index is 2.74. The lowest BCUT2D eigenvalue weighted by molar-refractivity contribution is -0.219. The highest BCUT2D eigenvalue weighted by atomic mass is 19.4. The minimum atomic E-state index is -4.44. The number of H-pyrrole nitrogens is 1. The van der Waals surface area contributed by atoms with Gasteiger partial charge >= 0.3 is 12.1 Å². The van der Waals surface area contributed by atoms with E-state index in [9.17, 15) is 18.0 Å². The Bertz CT molecular complexity index is 412. The fourth-order valence-corrected chi connectivity index (χ4v) is 0.871. The summed E-state index contributed by atoms with van der Waals surface area (Å²) in [5.74, 6) is -1.67. The summed E-state index contributed by atoms with van der Waals surface area (Å²) in [4.78, 5) is 10.6. The molecule has 0 amide bonds. The maximum Gasteiger partial charge on any atom is 0.397 e. The van der Waals surface area contributed by atoms with Crippen LogP contribution in [0.5, 0.6) is 5.88 Å². The molecular formula is C9H11F3N2O3. The molecule has 17 heavy (non-hydrogen) atoms. The second kappa shape index (κ2) is 4.27. The molecule has 5 nitrogen and oxygen atoms in total. The van der Waals surface area contributed by atoms with Gasteiger partial charge in [0.15, 0.2) is 0 Å². The van der Waals surface area contributed by atoms with Gasteiger partial charge in [0.25, 0.3) is 0 Å². The standard InChI is InChI=1S/C9H11F3N2O3/c1-8(2,9(10,11)12)4-17-6-5(7(15)16)3-13-14-6/h3H,4H2,1-2H3,(H,13,14)(H,15,16). The van der Waals surface area contributed by atoms with E-state index in [2.05, 4.69) is 10.2 Å². The molecule has 8 heteroatoms. The molecule has 0 atom stereocenters. The predicted molar refractivity (Wildman–Crippen MR) is 50.9 cm³/mol. The van der Waals surface area contributed by atoms with Gasteiger partial charge in [-0.05, 0) is 13.8 Å². The number of carboxylic acids is 1. The molecule has 0 aliphatic carbocycles. The minimum Gasteiger partial charge on any atom is -0.477 e. The minimum absolute atomic E-state index is 0.303. The van der Waals surface area contributed by atoms with Crippen molar-refractivity contribution >= 4 is 5.97 Å². The molecule has 0 radical (unpaired) electrons. The number of carboxylic acid groups (broad SMARTS) is 1. The van der Waals surface area contributed by atoms with Crippen LogP contribution in [0.2, 0.25) is 0 Å². The van der Waals surface area contributed by atoms with Crippen LogP contribution in [0.25, 0.3) is 0 Å². The van der Waals surface area contributed by atoms with Crippen molar-refractivity contribution in [2.24, 2.45) is 5.41 Å². The van der Waals surface area contributed by atoms with Crippen molar-refractivity contribution in [3.63, 3.8) is 0 Å². The summed E-state index contributed by atoms with van der Waals surface area (Å²) in [5.41, 5.74) is -2.38. The molecule has 0 aromatic carbocycles. The number of aromatic amines is 1. The van der Waals surface area contributed by atoms with Crippen molar-refractivity contribution in [1.82, 2.24) is 10.2 Å². The summed E-state index contributed by atoms with van der Waals surface area (Å²) in [6.45, 7) is 1.21. The first-order chi connectivity index (χ1) is 7.65. The van der Waals surface area contributed by atoms with Crippen LogP contribution in [0, 0.1) is 5.41 Å². The summed E-state index contributed by atoms with van der Waals surface area (Å²) in [7, 11) is 0. The van der Waals surface area contributed by atoms with Gasteiger partial charge in [-0.25, -0.2) is 4.79 Å². The second-order valence-corrected chi connectivity index (χ2v) is 4.08. The van der Waals surface area contributed by atoms with E-state index in [0.29, 0.717) is 0 Å². The Morgan fingerprint density at radius 1 is 1.53 bits per heavy atom. The van der Waals surface area contributed by atoms with E-state index < -0.39 is 24.2 Å². The number of hydrogen-bond acceptors (Lipinski definition) is 3. The highest BCUT2D eigenvalue weighted by Gasteiger charge is 2.48. The van der Waals surface area contributed by atoms with E-state index in [0.717, 1.165) is 20.0 Å². The van der Waals surface area contributed by atoms with Gasteiger partial charge < -0.3 is 9.84 Å². The smallest absolute Gasteiger partial charge is 0.397 e. The van der Waals surface area contributed by atoms with Gasteiger partial charge in [-0.15, -0.1) is 5.10 Å². The molecule has 0 aliphatic rings. The van der Waals surface area contributed by atoms with Crippen molar-refractivity contribution < 1.29 is 27.8 Å². The average Bonchev–Trinajstić information content (AvgIpc) is 2.60. The third kappa shape index (κ3) is 2.89. The Morgan fingerprint density at radius 3 is 2.59 bits per heavy atom. The van der Waals surface area contributed by atoms with Gasteiger partial charge in [0, 0.05) is 6.20 Å². The average molecular weight is 252 g/mol. The predicted octanol–water partition coefficient (Wildman–Crippen LogP) is 2.08. The summed E-state index contributed by atoms with van der Waals surface area (Å²) >= 11 is 0. The van der Waals surface area contributed by atoms with Gasteiger partial charge in [-0.2, -0.15) is 13.2 Å². The Hall–Kier alpha value is -1.73. The van der Waals surface area contributed by atoms with E-state index in [1.807, 2.05) is 0 Å². The van der Waals surface area contributed by atoms with E-state index >= 15 is 0 Å². The summed E-state index contributed by atoms with van der Waals surface area (Å²) in [6.07, 6.45) is -3.40. The SMILES string of the molecule is CC(C)(COc1n[nH]cc1C(=O)O)C(F)(F)F. The molecule has 0 aliphatic heterocycles. The number of carbonyl (C=O) groups is 1. The molecule has 0 bridgehead atoms. The fourth-order valence-electron chi connectivity index (χ4n) is 0.871. The van der Waals surface area contributed by atoms with Crippen molar-refractivity contribution in [3.8, 4) is 5.88 Å². The zero-order valence-corrected chi connectivity index (χ0v) is 9.13. The molecule has 0 fully saturated rings. The normalized spacial score (nSPS) is 12.5. The molecule has 2 N–H and O–H groups in total. The Kier molecular flexibility index (Phi) is 3.35. The number of nitrogens with one attached hydrogen (secondary N) is 1. The number of nitrogens with zero attached hydrogens (tertiary/aromatic N) is 1. The molecule has 0 saturated carbocycles. The summed E-state index contributed by atoms with van der Waals surface area (Å²) < 4.78 is 42.3. The van der Waals surface area contributed by atoms with E-state index in [1.54, 1.807) is 0 Å². The monoisotopic (exact) mass is 252 g/mol. The molecule has 0 saturated heterocycles. The van der Waals surface area contributed by atoms with Crippen molar-refractivity contribution in [2.75, 3.05) is 6.61 Å².